The maximum atomic E-state index is 5.45. The summed E-state index contributed by atoms with van der Waals surface area (Å²) in [5.41, 5.74) is 7.89. The van der Waals surface area contributed by atoms with Crippen LogP contribution in [0, 0.1) is 0 Å². The zero-order valence-corrected chi connectivity index (χ0v) is 8.81. The minimum atomic E-state index is 0.693. The third-order valence-electron chi connectivity index (χ3n) is 1.89. The topological polar surface area (TPSA) is 35.2 Å². The predicted octanol–water partition coefficient (Wildman–Crippen LogP) is 2.26. The first kappa shape index (κ1) is 12.4. The van der Waals surface area contributed by atoms with Gasteiger partial charge < -0.3 is 10.5 Å². The van der Waals surface area contributed by atoms with Crippen LogP contribution in [-0.2, 0) is 4.74 Å². The summed E-state index contributed by atoms with van der Waals surface area (Å²) in [5, 5.41) is 0. The van der Waals surface area contributed by atoms with Crippen molar-refractivity contribution in [2.45, 2.75) is 26.2 Å². The average molecular weight is 183 g/mol. The fourth-order valence-electron chi connectivity index (χ4n) is 1.09. The Morgan fingerprint density at radius 3 is 2.69 bits per heavy atom. The molecule has 0 unspecified atom stereocenters. The van der Waals surface area contributed by atoms with Gasteiger partial charge in [-0.2, -0.15) is 0 Å². The van der Waals surface area contributed by atoms with Crippen molar-refractivity contribution in [3.63, 3.8) is 0 Å². The number of ether oxygens (including phenoxy) is 1. The summed E-state index contributed by atoms with van der Waals surface area (Å²) in [5.74, 6) is 0. The van der Waals surface area contributed by atoms with E-state index < -0.39 is 0 Å². The van der Waals surface area contributed by atoms with Gasteiger partial charge in [-0.1, -0.05) is 25.2 Å². The van der Waals surface area contributed by atoms with Gasteiger partial charge in [-0.05, 0) is 31.4 Å². The van der Waals surface area contributed by atoms with Crippen molar-refractivity contribution in [1.82, 2.24) is 0 Å². The largest absolute Gasteiger partial charge is 0.380 e. The minimum absolute atomic E-state index is 0.693. The molecule has 0 rings (SSSR count). The van der Waals surface area contributed by atoms with Crippen LogP contribution < -0.4 is 5.73 Å². The summed E-state index contributed by atoms with van der Waals surface area (Å²) in [4.78, 5) is 0. The Morgan fingerprint density at radius 1 is 1.54 bits per heavy atom. The second-order valence-corrected chi connectivity index (χ2v) is 3.14. The van der Waals surface area contributed by atoms with E-state index >= 15 is 0 Å². The molecule has 0 aliphatic rings. The maximum absolute atomic E-state index is 5.45. The van der Waals surface area contributed by atoms with Crippen LogP contribution in [0.15, 0.2) is 23.8 Å². The molecule has 0 spiro atoms. The minimum Gasteiger partial charge on any atom is -0.380 e. The first-order chi connectivity index (χ1) is 6.24. The first-order valence-corrected chi connectivity index (χ1v) is 4.80. The SMILES string of the molecule is C=C(/C=C(/CCCN)COC)CC. The van der Waals surface area contributed by atoms with Crippen LogP contribution in [0.2, 0.25) is 0 Å². The molecule has 0 aromatic rings. The second kappa shape index (κ2) is 8.02. The number of methoxy groups -OCH3 is 1. The molecule has 0 heterocycles. The number of hydrogen-bond donors (Lipinski definition) is 1. The quantitative estimate of drug-likeness (QED) is 0.614. The molecule has 0 aromatic carbocycles. The van der Waals surface area contributed by atoms with Crippen molar-refractivity contribution in [1.29, 1.82) is 0 Å². The molecular weight excluding hydrogens is 162 g/mol. The van der Waals surface area contributed by atoms with Crippen LogP contribution >= 0.6 is 0 Å². The number of hydrogen-bond acceptors (Lipinski definition) is 2. The average Bonchev–Trinajstić information content (AvgIpc) is 2.14. The number of allylic oxidation sites excluding steroid dienone is 2. The van der Waals surface area contributed by atoms with Gasteiger partial charge in [-0.25, -0.2) is 0 Å². The van der Waals surface area contributed by atoms with E-state index in [1.165, 1.54) is 5.57 Å². The van der Waals surface area contributed by atoms with Crippen molar-refractivity contribution >= 4 is 0 Å². The lowest BCUT2D eigenvalue weighted by atomic mass is 10.1. The molecule has 2 nitrogen and oxygen atoms in total. The smallest absolute Gasteiger partial charge is 0.0676 e. The Balaban J connectivity index is 4.05. The van der Waals surface area contributed by atoms with E-state index in [0.717, 1.165) is 31.4 Å². The highest BCUT2D eigenvalue weighted by Crippen LogP contribution is 2.10. The third-order valence-corrected chi connectivity index (χ3v) is 1.89. The molecule has 0 radical (unpaired) electrons. The molecule has 0 aliphatic carbocycles. The molecular formula is C11H21NO. The summed E-state index contributed by atoms with van der Waals surface area (Å²) in [6.45, 7) is 7.47. The van der Waals surface area contributed by atoms with E-state index in [0.29, 0.717) is 6.61 Å². The van der Waals surface area contributed by atoms with Crippen LogP contribution in [0.1, 0.15) is 26.2 Å². The molecule has 0 saturated carbocycles. The normalized spacial score (nSPS) is 11.8. The van der Waals surface area contributed by atoms with Crippen LogP contribution in [0.3, 0.4) is 0 Å². The van der Waals surface area contributed by atoms with Crippen molar-refractivity contribution in [2.24, 2.45) is 5.73 Å². The lowest BCUT2D eigenvalue weighted by Gasteiger charge is -2.06. The van der Waals surface area contributed by atoms with Crippen molar-refractivity contribution in [3.05, 3.63) is 23.8 Å². The van der Waals surface area contributed by atoms with Crippen LogP contribution in [0.4, 0.5) is 0 Å². The molecule has 0 saturated heterocycles. The Morgan fingerprint density at radius 2 is 2.23 bits per heavy atom. The summed E-state index contributed by atoms with van der Waals surface area (Å²) in [7, 11) is 1.71. The fraction of sp³-hybridized carbons (Fsp3) is 0.636. The van der Waals surface area contributed by atoms with Gasteiger partial charge in [0, 0.05) is 7.11 Å². The Hall–Kier alpha value is -0.600. The summed E-state index contributed by atoms with van der Waals surface area (Å²) in [6.07, 6.45) is 5.16. The molecule has 2 heteroatoms. The van der Waals surface area contributed by atoms with E-state index in [2.05, 4.69) is 19.6 Å². The zero-order valence-electron chi connectivity index (χ0n) is 8.81. The third kappa shape index (κ3) is 6.55. The Kier molecular flexibility index (Phi) is 7.65. The van der Waals surface area contributed by atoms with Gasteiger partial charge in [-0.3, -0.25) is 0 Å². The summed E-state index contributed by atoms with van der Waals surface area (Å²) in [6, 6.07) is 0. The molecule has 0 aliphatic heterocycles. The molecule has 0 amide bonds. The monoisotopic (exact) mass is 183 g/mol. The molecule has 0 bridgehead atoms. The summed E-state index contributed by atoms with van der Waals surface area (Å²) >= 11 is 0. The first-order valence-electron chi connectivity index (χ1n) is 4.80. The molecule has 0 fully saturated rings. The summed E-state index contributed by atoms with van der Waals surface area (Å²) < 4.78 is 5.10. The maximum Gasteiger partial charge on any atom is 0.0676 e. The standard InChI is InChI=1S/C11H21NO/c1-4-10(2)8-11(9-13-3)6-5-7-12/h8H,2,4-7,9,12H2,1,3H3/b11-8-. The van der Waals surface area contributed by atoms with Gasteiger partial charge in [0.05, 0.1) is 6.61 Å². The number of rotatable bonds is 7. The van der Waals surface area contributed by atoms with Crippen LogP contribution in [-0.4, -0.2) is 20.3 Å². The van der Waals surface area contributed by atoms with Gasteiger partial charge in [0.25, 0.3) is 0 Å². The van der Waals surface area contributed by atoms with Crippen molar-refractivity contribution in [2.75, 3.05) is 20.3 Å². The van der Waals surface area contributed by atoms with E-state index in [4.69, 9.17) is 10.5 Å². The van der Waals surface area contributed by atoms with Crippen LogP contribution in [0.5, 0.6) is 0 Å². The Bertz CT molecular complexity index is 173. The molecule has 0 aromatic heterocycles. The van der Waals surface area contributed by atoms with Gasteiger partial charge >= 0.3 is 0 Å². The van der Waals surface area contributed by atoms with E-state index in [9.17, 15) is 0 Å². The second-order valence-electron chi connectivity index (χ2n) is 3.14. The van der Waals surface area contributed by atoms with E-state index in [1.807, 2.05) is 0 Å². The van der Waals surface area contributed by atoms with Gasteiger partial charge in [0.1, 0.15) is 0 Å². The predicted molar refractivity (Wildman–Crippen MR) is 57.7 cm³/mol. The Labute approximate surface area is 81.5 Å². The fourth-order valence-corrected chi connectivity index (χ4v) is 1.09. The van der Waals surface area contributed by atoms with E-state index in [1.54, 1.807) is 7.11 Å². The molecule has 13 heavy (non-hydrogen) atoms. The molecule has 76 valence electrons. The highest BCUT2D eigenvalue weighted by molar-refractivity contribution is 5.20. The number of nitrogens with two attached hydrogens (primary N) is 1. The van der Waals surface area contributed by atoms with Gasteiger partial charge in [-0.15, -0.1) is 0 Å². The van der Waals surface area contributed by atoms with Gasteiger partial charge in [0.2, 0.25) is 0 Å². The highest BCUT2D eigenvalue weighted by atomic mass is 16.5. The molecule has 0 atom stereocenters. The lowest BCUT2D eigenvalue weighted by molar-refractivity contribution is 0.222. The van der Waals surface area contributed by atoms with Crippen LogP contribution in [0.25, 0.3) is 0 Å². The highest BCUT2D eigenvalue weighted by Gasteiger charge is 1.97. The zero-order chi connectivity index (χ0) is 10.1. The van der Waals surface area contributed by atoms with Gasteiger partial charge in [0.15, 0.2) is 0 Å². The van der Waals surface area contributed by atoms with Crippen molar-refractivity contribution < 1.29 is 4.74 Å². The van der Waals surface area contributed by atoms with E-state index in [-0.39, 0.29) is 0 Å². The van der Waals surface area contributed by atoms with Crippen molar-refractivity contribution in [3.8, 4) is 0 Å². The lowest BCUT2D eigenvalue weighted by Crippen LogP contribution is -2.02. The molecule has 2 N–H and O–H groups in total.